The van der Waals surface area contributed by atoms with Gasteiger partial charge in [-0.2, -0.15) is 10.1 Å². The van der Waals surface area contributed by atoms with Crippen LogP contribution in [0.4, 0.5) is 4.39 Å². The second kappa shape index (κ2) is 8.58. The fourth-order valence-electron chi connectivity index (χ4n) is 3.18. The predicted octanol–water partition coefficient (Wildman–Crippen LogP) is 4.43. The summed E-state index contributed by atoms with van der Waals surface area (Å²) in [5, 5.41) is 11.4. The van der Waals surface area contributed by atoms with E-state index in [1.165, 1.54) is 18.2 Å². The molecule has 2 aromatic carbocycles. The average Bonchev–Trinajstić information content (AvgIpc) is 3.40. The first kappa shape index (κ1) is 21.2. The van der Waals surface area contributed by atoms with E-state index in [2.05, 4.69) is 20.6 Å². The van der Waals surface area contributed by atoms with Crippen molar-refractivity contribution in [2.45, 2.75) is 26.3 Å². The lowest BCUT2D eigenvalue weighted by Gasteiger charge is -2.21. The van der Waals surface area contributed by atoms with Crippen molar-refractivity contribution in [2.75, 3.05) is 0 Å². The smallest absolute Gasteiger partial charge is 0.244 e. The molecular weight excluding hydrogens is 409 g/mol. The van der Waals surface area contributed by atoms with Gasteiger partial charge >= 0.3 is 0 Å². The predicted molar refractivity (Wildman–Crippen MR) is 118 cm³/mol. The van der Waals surface area contributed by atoms with E-state index >= 15 is 0 Å². The minimum absolute atomic E-state index is 0.324. The van der Waals surface area contributed by atoms with Crippen LogP contribution in [-0.4, -0.2) is 25.8 Å². The molecule has 0 aliphatic rings. The number of nitrogens with zero attached hydrogens (tertiary/aromatic N) is 4. The normalized spacial score (nSPS) is 11.8. The summed E-state index contributed by atoms with van der Waals surface area (Å²) in [4.78, 5) is 16.8. The van der Waals surface area contributed by atoms with Crippen LogP contribution in [0.2, 0.25) is 0 Å². The summed E-state index contributed by atoms with van der Waals surface area (Å²) in [5.41, 5.74) is 2.14. The van der Waals surface area contributed by atoms with Crippen LogP contribution in [0.5, 0.6) is 0 Å². The van der Waals surface area contributed by atoms with Crippen LogP contribution in [-0.2, 0) is 10.3 Å². The molecule has 1 amide bonds. The van der Waals surface area contributed by atoms with Crippen molar-refractivity contribution in [1.29, 1.82) is 0 Å². The van der Waals surface area contributed by atoms with E-state index < -0.39 is 5.54 Å². The Bertz CT molecular complexity index is 1260. The molecule has 0 saturated heterocycles. The Balaban J connectivity index is 1.63. The number of carbonyl (C=O) groups excluding carboxylic acids is 1. The number of aromatic nitrogens is 4. The number of nitrogens with one attached hydrogen (secondary N) is 1. The third-order valence-electron chi connectivity index (χ3n) is 4.82. The number of amides is 1. The van der Waals surface area contributed by atoms with Gasteiger partial charge in [-0.1, -0.05) is 23.4 Å². The number of hydrogen-bond donors (Lipinski definition) is 1. The van der Waals surface area contributed by atoms with Crippen molar-refractivity contribution < 1.29 is 13.7 Å². The molecule has 4 rings (SSSR count). The molecule has 0 unspecified atom stereocenters. The fraction of sp³-hybridized carbons (Fsp3) is 0.167. The molecule has 0 bridgehead atoms. The zero-order valence-corrected chi connectivity index (χ0v) is 17.9. The summed E-state index contributed by atoms with van der Waals surface area (Å²) in [7, 11) is 0. The molecule has 0 saturated carbocycles. The van der Waals surface area contributed by atoms with E-state index in [4.69, 9.17) is 4.52 Å². The largest absolute Gasteiger partial charge is 0.340 e. The van der Waals surface area contributed by atoms with Gasteiger partial charge in [0.25, 0.3) is 0 Å². The Morgan fingerprint density at radius 1 is 1.12 bits per heavy atom. The van der Waals surface area contributed by atoms with Crippen LogP contribution in [0.1, 0.15) is 31.1 Å². The van der Waals surface area contributed by atoms with Crippen LogP contribution < -0.4 is 5.32 Å². The van der Waals surface area contributed by atoms with Gasteiger partial charge in [-0.3, -0.25) is 4.79 Å². The van der Waals surface area contributed by atoms with Gasteiger partial charge in [-0.05, 0) is 56.3 Å². The van der Waals surface area contributed by atoms with E-state index in [1.54, 1.807) is 43.7 Å². The highest BCUT2D eigenvalue weighted by molar-refractivity contribution is 5.93. The maximum absolute atomic E-state index is 13.4. The molecule has 0 aliphatic carbocycles. The maximum atomic E-state index is 13.4. The second-order valence-corrected chi connectivity index (χ2v) is 7.80. The molecule has 7 nitrogen and oxygen atoms in total. The summed E-state index contributed by atoms with van der Waals surface area (Å²) in [6.45, 7) is 5.27. The Morgan fingerprint density at radius 3 is 2.50 bits per heavy atom. The van der Waals surface area contributed by atoms with Gasteiger partial charge in [-0.15, -0.1) is 0 Å². The van der Waals surface area contributed by atoms with Gasteiger partial charge in [0.05, 0.1) is 16.9 Å². The van der Waals surface area contributed by atoms with Gasteiger partial charge < -0.3 is 9.84 Å². The Labute approximate surface area is 184 Å². The first-order chi connectivity index (χ1) is 15.3. The molecule has 4 aromatic rings. The van der Waals surface area contributed by atoms with Crippen molar-refractivity contribution >= 4 is 12.0 Å². The molecule has 0 atom stereocenters. The van der Waals surface area contributed by atoms with Gasteiger partial charge in [0, 0.05) is 30.3 Å². The summed E-state index contributed by atoms with van der Waals surface area (Å²) in [5.74, 6) is 0.164. The first-order valence-electron chi connectivity index (χ1n) is 10.0. The maximum Gasteiger partial charge on any atom is 0.244 e. The van der Waals surface area contributed by atoms with Gasteiger partial charge in [-0.25, -0.2) is 9.07 Å². The van der Waals surface area contributed by atoms with Crippen LogP contribution in [0.3, 0.4) is 0 Å². The van der Waals surface area contributed by atoms with Crippen molar-refractivity contribution in [3.8, 4) is 16.9 Å². The number of halogens is 1. The summed E-state index contributed by atoms with van der Waals surface area (Å²) in [6, 6.07) is 15.7. The van der Waals surface area contributed by atoms with Crippen molar-refractivity contribution in [3.05, 3.63) is 90.0 Å². The molecule has 8 heteroatoms. The van der Waals surface area contributed by atoms with E-state index in [1.807, 2.05) is 36.5 Å². The molecule has 0 radical (unpaired) electrons. The molecule has 2 heterocycles. The van der Waals surface area contributed by atoms with Crippen LogP contribution in [0.15, 0.2) is 71.4 Å². The number of rotatable bonds is 6. The highest BCUT2D eigenvalue weighted by Crippen LogP contribution is 2.25. The number of hydrogen-bond acceptors (Lipinski definition) is 5. The molecule has 32 heavy (non-hydrogen) atoms. The van der Waals surface area contributed by atoms with E-state index in [0.717, 1.165) is 11.3 Å². The molecular formula is C24H22FN5O2. The summed E-state index contributed by atoms with van der Waals surface area (Å²) >= 11 is 0. The number of benzene rings is 2. The van der Waals surface area contributed by atoms with Crippen LogP contribution in [0, 0.1) is 12.7 Å². The Kier molecular flexibility index (Phi) is 5.68. The number of carbonyl (C=O) groups is 1. The molecule has 0 aliphatic heterocycles. The van der Waals surface area contributed by atoms with E-state index in [9.17, 15) is 9.18 Å². The molecule has 0 spiro atoms. The lowest BCUT2D eigenvalue weighted by atomic mass is 10.0. The minimum Gasteiger partial charge on any atom is -0.340 e. The standard InChI is InChI=1S/C24H22FN5O2/c1-16-26-23(29-32-16)24(2,3)27-21(31)14-11-18-15-30(20-7-5-4-6-8-20)28-22(18)17-9-12-19(25)13-10-17/h4-15H,1-3H3,(H,27,31)/b14-11+. The van der Waals surface area contributed by atoms with Crippen LogP contribution >= 0.6 is 0 Å². The van der Waals surface area contributed by atoms with E-state index in [0.29, 0.717) is 23.0 Å². The number of aryl methyl sites for hydroxylation is 1. The first-order valence-corrected chi connectivity index (χ1v) is 10.0. The fourth-order valence-corrected chi connectivity index (χ4v) is 3.18. The van der Waals surface area contributed by atoms with Crippen molar-refractivity contribution in [2.24, 2.45) is 0 Å². The zero-order valence-electron chi connectivity index (χ0n) is 17.9. The SMILES string of the molecule is Cc1nc(C(C)(C)NC(=O)/C=C/c2cn(-c3ccccc3)nc2-c2ccc(F)cc2)no1. The quantitative estimate of drug-likeness (QED) is 0.456. The van der Waals surface area contributed by atoms with Gasteiger partial charge in [0.1, 0.15) is 5.82 Å². The second-order valence-electron chi connectivity index (χ2n) is 7.80. The third-order valence-corrected chi connectivity index (χ3v) is 4.82. The summed E-state index contributed by atoms with van der Waals surface area (Å²) in [6.07, 6.45) is 4.93. The lowest BCUT2D eigenvalue weighted by molar-refractivity contribution is -0.118. The molecule has 1 N–H and O–H groups in total. The third kappa shape index (κ3) is 4.64. The minimum atomic E-state index is -0.812. The summed E-state index contributed by atoms with van der Waals surface area (Å²) < 4.78 is 20.2. The van der Waals surface area contributed by atoms with Crippen LogP contribution in [0.25, 0.3) is 23.0 Å². The van der Waals surface area contributed by atoms with Crippen molar-refractivity contribution in [3.63, 3.8) is 0 Å². The average molecular weight is 431 g/mol. The highest BCUT2D eigenvalue weighted by atomic mass is 19.1. The van der Waals surface area contributed by atoms with Gasteiger partial charge in [0.15, 0.2) is 5.82 Å². The van der Waals surface area contributed by atoms with E-state index in [-0.39, 0.29) is 11.7 Å². The number of para-hydroxylation sites is 1. The van der Waals surface area contributed by atoms with Crippen molar-refractivity contribution in [1.82, 2.24) is 25.2 Å². The topological polar surface area (TPSA) is 85.8 Å². The lowest BCUT2D eigenvalue weighted by Crippen LogP contribution is -2.41. The molecule has 0 fully saturated rings. The molecule has 162 valence electrons. The highest BCUT2D eigenvalue weighted by Gasteiger charge is 2.27. The van der Waals surface area contributed by atoms with Gasteiger partial charge in [0.2, 0.25) is 11.8 Å². The Hall–Kier alpha value is -4.07. The monoisotopic (exact) mass is 431 g/mol. The zero-order chi connectivity index (χ0) is 22.7. The Morgan fingerprint density at radius 2 is 1.84 bits per heavy atom. The molecule has 2 aromatic heterocycles.